The normalized spacial score (nSPS) is 12.6. The molecule has 1 atom stereocenters. The molecule has 17 heavy (non-hydrogen) atoms. The zero-order valence-corrected chi connectivity index (χ0v) is 10.2. The van der Waals surface area contributed by atoms with E-state index in [2.05, 4.69) is 5.32 Å². The SMILES string of the molecule is CNC(Cc1ccc(F)c(Cl)c1)c1ccoc1. The summed E-state index contributed by atoms with van der Waals surface area (Å²) in [5, 5.41) is 3.35. The lowest BCUT2D eigenvalue weighted by Gasteiger charge is -2.14. The Bertz CT molecular complexity index is 484. The van der Waals surface area contributed by atoms with Gasteiger partial charge in [0.15, 0.2) is 0 Å². The predicted molar refractivity (Wildman–Crippen MR) is 65.6 cm³/mol. The molecular weight excluding hydrogens is 241 g/mol. The van der Waals surface area contributed by atoms with Crippen LogP contribution in [-0.4, -0.2) is 7.05 Å². The summed E-state index contributed by atoms with van der Waals surface area (Å²) in [5.41, 5.74) is 2.05. The van der Waals surface area contributed by atoms with Crippen LogP contribution < -0.4 is 5.32 Å². The topological polar surface area (TPSA) is 25.2 Å². The minimum atomic E-state index is -0.389. The number of halogens is 2. The molecule has 0 fully saturated rings. The largest absolute Gasteiger partial charge is 0.472 e. The fraction of sp³-hybridized carbons (Fsp3) is 0.231. The fourth-order valence-corrected chi connectivity index (χ4v) is 1.97. The minimum Gasteiger partial charge on any atom is -0.472 e. The van der Waals surface area contributed by atoms with Gasteiger partial charge in [0.1, 0.15) is 5.82 Å². The van der Waals surface area contributed by atoms with Crippen molar-refractivity contribution in [2.45, 2.75) is 12.5 Å². The summed E-state index contributed by atoms with van der Waals surface area (Å²) in [7, 11) is 1.88. The number of likely N-dealkylation sites (N-methyl/N-ethyl adjacent to an activating group) is 1. The Labute approximate surface area is 104 Å². The van der Waals surface area contributed by atoms with E-state index in [4.69, 9.17) is 16.0 Å². The van der Waals surface area contributed by atoms with Gasteiger partial charge in [0.05, 0.1) is 17.5 Å². The first-order valence-electron chi connectivity index (χ1n) is 5.34. The van der Waals surface area contributed by atoms with Gasteiger partial charge in [-0.05, 0) is 37.2 Å². The van der Waals surface area contributed by atoms with Gasteiger partial charge in [-0.25, -0.2) is 4.39 Å². The highest BCUT2D eigenvalue weighted by Gasteiger charge is 2.12. The minimum absolute atomic E-state index is 0.135. The van der Waals surface area contributed by atoms with E-state index in [0.717, 1.165) is 17.5 Å². The molecule has 1 aromatic carbocycles. The van der Waals surface area contributed by atoms with Crippen LogP contribution in [0.15, 0.2) is 41.2 Å². The van der Waals surface area contributed by atoms with Gasteiger partial charge < -0.3 is 9.73 Å². The molecule has 1 N–H and O–H groups in total. The average molecular weight is 254 g/mol. The summed E-state index contributed by atoms with van der Waals surface area (Å²) in [6, 6.07) is 6.83. The number of furan rings is 1. The van der Waals surface area contributed by atoms with Crippen LogP contribution in [0.3, 0.4) is 0 Å². The van der Waals surface area contributed by atoms with Gasteiger partial charge in [-0.2, -0.15) is 0 Å². The molecule has 2 rings (SSSR count). The molecule has 0 aliphatic heterocycles. The second-order valence-corrected chi connectivity index (χ2v) is 4.26. The van der Waals surface area contributed by atoms with Crippen molar-refractivity contribution < 1.29 is 8.81 Å². The van der Waals surface area contributed by atoms with Crippen molar-refractivity contribution in [3.8, 4) is 0 Å². The summed E-state index contributed by atoms with van der Waals surface area (Å²) < 4.78 is 18.1. The van der Waals surface area contributed by atoms with Gasteiger partial charge in [-0.1, -0.05) is 17.7 Å². The molecule has 2 aromatic rings. The van der Waals surface area contributed by atoms with Gasteiger partial charge in [0.2, 0.25) is 0 Å². The van der Waals surface area contributed by atoms with E-state index in [1.165, 1.54) is 6.07 Å². The third kappa shape index (κ3) is 2.87. The molecule has 0 saturated carbocycles. The zero-order valence-electron chi connectivity index (χ0n) is 9.41. The van der Waals surface area contributed by atoms with Gasteiger partial charge in [0, 0.05) is 11.6 Å². The van der Waals surface area contributed by atoms with Crippen LogP contribution >= 0.6 is 11.6 Å². The highest BCUT2D eigenvalue weighted by molar-refractivity contribution is 6.30. The maximum atomic E-state index is 13.0. The lowest BCUT2D eigenvalue weighted by Crippen LogP contribution is -2.18. The first-order chi connectivity index (χ1) is 8.20. The molecule has 1 unspecified atom stereocenters. The van der Waals surface area contributed by atoms with Crippen molar-refractivity contribution >= 4 is 11.6 Å². The van der Waals surface area contributed by atoms with Crippen molar-refractivity contribution in [3.63, 3.8) is 0 Å². The van der Waals surface area contributed by atoms with Crippen molar-refractivity contribution in [2.75, 3.05) is 7.05 Å². The number of nitrogens with one attached hydrogen (secondary N) is 1. The third-order valence-corrected chi connectivity index (χ3v) is 3.01. The third-order valence-electron chi connectivity index (χ3n) is 2.72. The Balaban J connectivity index is 2.16. The van der Waals surface area contributed by atoms with E-state index in [9.17, 15) is 4.39 Å². The number of rotatable bonds is 4. The molecule has 2 nitrogen and oxygen atoms in total. The van der Waals surface area contributed by atoms with Gasteiger partial charge in [0.25, 0.3) is 0 Å². The summed E-state index contributed by atoms with van der Waals surface area (Å²) in [6.45, 7) is 0. The van der Waals surface area contributed by atoms with E-state index < -0.39 is 0 Å². The Hall–Kier alpha value is -1.32. The lowest BCUT2D eigenvalue weighted by molar-refractivity contribution is 0.542. The molecule has 1 heterocycles. The second-order valence-electron chi connectivity index (χ2n) is 3.85. The molecule has 0 bridgehead atoms. The Morgan fingerprint density at radius 3 is 2.82 bits per heavy atom. The summed E-state index contributed by atoms with van der Waals surface area (Å²) in [5.74, 6) is -0.389. The molecule has 90 valence electrons. The maximum Gasteiger partial charge on any atom is 0.141 e. The van der Waals surface area contributed by atoms with Crippen LogP contribution in [0.25, 0.3) is 0 Å². The molecule has 0 aliphatic rings. The number of benzene rings is 1. The Morgan fingerprint density at radius 1 is 1.41 bits per heavy atom. The molecule has 0 amide bonds. The standard InChI is InChI=1S/C13H13ClFNO/c1-16-13(10-4-5-17-8-10)7-9-2-3-12(15)11(14)6-9/h2-6,8,13,16H,7H2,1H3. The quantitative estimate of drug-likeness (QED) is 0.901. The Morgan fingerprint density at radius 2 is 2.24 bits per heavy atom. The van der Waals surface area contributed by atoms with Crippen LogP contribution in [0.2, 0.25) is 5.02 Å². The molecule has 0 saturated heterocycles. The van der Waals surface area contributed by atoms with E-state index >= 15 is 0 Å². The van der Waals surface area contributed by atoms with Crippen molar-refractivity contribution in [1.82, 2.24) is 5.32 Å². The highest BCUT2D eigenvalue weighted by Crippen LogP contribution is 2.22. The van der Waals surface area contributed by atoms with E-state index in [1.807, 2.05) is 13.1 Å². The predicted octanol–water partition coefficient (Wildman–Crippen LogP) is 3.58. The van der Waals surface area contributed by atoms with E-state index in [0.29, 0.717) is 0 Å². The zero-order chi connectivity index (χ0) is 12.3. The van der Waals surface area contributed by atoms with E-state index in [1.54, 1.807) is 24.7 Å². The number of hydrogen-bond donors (Lipinski definition) is 1. The summed E-state index contributed by atoms with van der Waals surface area (Å²) in [6.07, 6.45) is 4.07. The number of hydrogen-bond acceptors (Lipinski definition) is 2. The monoisotopic (exact) mass is 253 g/mol. The van der Waals surface area contributed by atoms with Crippen molar-refractivity contribution in [1.29, 1.82) is 0 Å². The molecule has 0 spiro atoms. The molecule has 0 aliphatic carbocycles. The van der Waals surface area contributed by atoms with Gasteiger partial charge in [-0.15, -0.1) is 0 Å². The summed E-state index contributed by atoms with van der Waals surface area (Å²) >= 11 is 5.75. The van der Waals surface area contributed by atoms with Crippen LogP contribution in [0.4, 0.5) is 4.39 Å². The first-order valence-corrected chi connectivity index (χ1v) is 5.72. The molecule has 1 aromatic heterocycles. The van der Waals surface area contributed by atoms with E-state index in [-0.39, 0.29) is 16.9 Å². The summed E-state index contributed by atoms with van der Waals surface area (Å²) in [4.78, 5) is 0. The Kier molecular flexibility index (Phi) is 3.82. The molecule has 0 radical (unpaired) electrons. The van der Waals surface area contributed by atoms with Crippen molar-refractivity contribution in [2.24, 2.45) is 0 Å². The second kappa shape index (κ2) is 5.34. The molecule has 4 heteroatoms. The van der Waals surface area contributed by atoms with Crippen molar-refractivity contribution in [3.05, 3.63) is 58.8 Å². The maximum absolute atomic E-state index is 13.0. The fourth-order valence-electron chi connectivity index (χ4n) is 1.76. The van der Waals surface area contributed by atoms with Gasteiger partial charge >= 0.3 is 0 Å². The first kappa shape index (κ1) is 12.1. The van der Waals surface area contributed by atoms with Gasteiger partial charge in [-0.3, -0.25) is 0 Å². The van der Waals surface area contributed by atoms with Crippen LogP contribution in [0, 0.1) is 5.82 Å². The smallest absolute Gasteiger partial charge is 0.141 e. The van der Waals surface area contributed by atoms with Crippen LogP contribution in [0.1, 0.15) is 17.2 Å². The average Bonchev–Trinajstić information content (AvgIpc) is 2.84. The lowest BCUT2D eigenvalue weighted by atomic mass is 10.0. The van der Waals surface area contributed by atoms with Crippen LogP contribution in [-0.2, 0) is 6.42 Å². The molecular formula is C13H13ClFNO. The van der Waals surface area contributed by atoms with Crippen LogP contribution in [0.5, 0.6) is 0 Å². The highest BCUT2D eigenvalue weighted by atomic mass is 35.5.